The number of amides is 1. The van der Waals surface area contributed by atoms with E-state index in [4.69, 9.17) is 10.5 Å². The number of halogens is 1. The quantitative estimate of drug-likeness (QED) is 0.810. The van der Waals surface area contributed by atoms with Crippen molar-refractivity contribution in [2.45, 2.75) is 20.0 Å². The zero-order chi connectivity index (χ0) is 14.3. The second kappa shape index (κ2) is 7.52. The molecule has 0 saturated carbocycles. The second-order valence-corrected chi connectivity index (χ2v) is 4.10. The minimum atomic E-state index is -0.419. The van der Waals surface area contributed by atoms with E-state index >= 15 is 0 Å². The fourth-order valence-corrected chi connectivity index (χ4v) is 1.30. The van der Waals surface area contributed by atoms with Crippen LogP contribution in [0.15, 0.2) is 18.2 Å². The molecule has 0 radical (unpaired) electrons. The number of hydrogen-bond acceptors (Lipinski definition) is 3. The molecular formula is C14H17FN2O2. The van der Waals surface area contributed by atoms with Crippen LogP contribution in [0.1, 0.15) is 19.4 Å². The van der Waals surface area contributed by atoms with Crippen molar-refractivity contribution in [2.24, 2.45) is 5.73 Å². The molecule has 0 aliphatic carbocycles. The van der Waals surface area contributed by atoms with Gasteiger partial charge >= 0.3 is 0 Å². The maximum Gasteiger partial charge on any atom is 0.250 e. The second-order valence-electron chi connectivity index (χ2n) is 4.10. The van der Waals surface area contributed by atoms with Crippen molar-refractivity contribution in [1.29, 1.82) is 0 Å². The third-order valence-electron chi connectivity index (χ3n) is 2.13. The first-order chi connectivity index (χ1) is 9.02. The molecule has 0 heterocycles. The van der Waals surface area contributed by atoms with Crippen LogP contribution < -0.4 is 11.1 Å². The highest BCUT2D eigenvalue weighted by molar-refractivity contribution is 5.93. The van der Waals surface area contributed by atoms with Gasteiger partial charge in [0.15, 0.2) is 0 Å². The number of ether oxygens (including phenoxy) is 1. The summed E-state index contributed by atoms with van der Waals surface area (Å²) in [7, 11) is 0. The van der Waals surface area contributed by atoms with Gasteiger partial charge in [-0.15, -0.1) is 0 Å². The van der Waals surface area contributed by atoms with Crippen molar-refractivity contribution >= 4 is 11.6 Å². The topological polar surface area (TPSA) is 64.3 Å². The number of rotatable bonds is 4. The number of benzene rings is 1. The molecule has 102 valence electrons. The molecule has 3 N–H and O–H groups in total. The van der Waals surface area contributed by atoms with E-state index in [1.54, 1.807) is 0 Å². The van der Waals surface area contributed by atoms with Crippen molar-refractivity contribution in [3.8, 4) is 11.8 Å². The van der Waals surface area contributed by atoms with Gasteiger partial charge in [-0.05, 0) is 32.0 Å². The summed E-state index contributed by atoms with van der Waals surface area (Å²) in [6, 6.07) is 3.97. The first kappa shape index (κ1) is 15.2. The molecule has 0 fully saturated rings. The molecule has 0 aliphatic rings. The summed E-state index contributed by atoms with van der Waals surface area (Å²) in [6.07, 6.45) is -0.0320. The van der Waals surface area contributed by atoms with Crippen LogP contribution in [0.4, 0.5) is 10.1 Å². The largest absolute Gasteiger partial charge is 0.369 e. The number of carbonyl (C=O) groups is 1. The van der Waals surface area contributed by atoms with Gasteiger partial charge in [0.25, 0.3) is 0 Å². The Balaban J connectivity index is 2.79. The summed E-state index contributed by atoms with van der Waals surface area (Å²) >= 11 is 0. The molecular weight excluding hydrogens is 247 g/mol. The van der Waals surface area contributed by atoms with E-state index in [0.717, 1.165) is 0 Å². The predicted octanol–water partition coefficient (Wildman–Crippen LogP) is 1.50. The molecule has 0 aromatic heterocycles. The van der Waals surface area contributed by atoms with Crippen LogP contribution in [0.3, 0.4) is 0 Å². The summed E-state index contributed by atoms with van der Waals surface area (Å²) in [5, 5.41) is 2.63. The van der Waals surface area contributed by atoms with Crippen LogP contribution >= 0.6 is 0 Å². The van der Waals surface area contributed by atoms with E-state index in [0.29, 0.717) is 11.3 Å². The van der Waals surface area contributed by atoms with Crippen LogP contribution in [0.2, 0.25) is 0 Å². The molecule has 1 aromatic rings. The lowest BCUT2D eigenvalue weighted by Gasteiger charge is -2.10. The Labute approximate surface area is 112 Å². The Hall–Kier alpha value is -1.90. The Morgan fingerprint density at radius 3 is 2.89 bits per heavy atom. The smallest absolute Gasteiger partial charge is 0.250 e. The average Bonchev–Trinajstić information content (AvgIpc) is 2.36. The zero-order valence-electron chi connectivity index (χ0n) is 11.0. The molecule has 0 saturated heterocycles. The normalized spacial score (nSPS) is 9.95. The van der Waals surface area contributed by atoms with Gasteiger partial charge in [-0.25, -0.2) is 4.39 Å². The number of nitrogens with two attached hydrogens (primary N) is 1. The fraction of sp³-hybridized carbons (Fsp3) is 0.357. The maximum atomic E-state index is 13.1. The van der Waals surface area contributed by atoms with Gasteiger partial charge in [0.1, 0.15) is 12.4 Å². The van der Waals surface area contributed by atoms with E-state index in [-0.39, 0.29) is 25.2 Å². The Kier molecular flexibility index (Phi) is 6.00. The highest BCUT2D eigenvalue weighted by atomic mass is 19.1. The first-order valence-corrected chi connectivity index (χ1v) is 5.93. The number of nitrogens with one attached hydrogen (secondary N) is 1. The number of carbonyl (C=O) groups excluding carboxylic acids is 1. The van der Waals surface area contributed by atoms with Crippen LogP contribution in [0.5, 0.6) is 0 Å². The van der Waals surface area contributed by atoms with Crippen molar-refractivity contribution in [3.05, 3.63) is 29.6 Å². The van der Waals surface area contributed by atoms with Gasteiger partial charge in [-0.1, -0.05) is 11.8 Å². The summed E-state index contributed by atoms with van der Waals surface area (Å²) < 4.78 is 18.3. The van der Waals surface area contributed by atoms with Crippen LogP contribution in [0.25, 0.3) is 0 Å². The van der Waals surface area contributed by atoms with Gasteiger partial charge < -0.3 is 15.8 Å². The molecule has 1 amide bonds. The summed E-state index contributed by atoms with van der Waals surface area (Å²) in [5.74, 6) is 4.61. The lowest BCUT2D eigenvalue weighted by molar-refractivity contribution is -0.121. The summed E-state index contributed by atoms with van der Waals surface area (Å²) in [5.41, 5.74) is 6.11. The lowest BCUT2D eigenvalue weighted by Crippen LogP contribution is -2.21. The SMILES string of the molecule is CC(C)OCC(=O)Nc1ccc(F)cc1C#CCN. The third-order valence-corrected chi connectivity index (χ3v) is 2.13. The van der Waals surface area contributed by atoms with Crippen molar-refractivity contribution in [3.63, 3.8) is 0 Å². The molecule has 0 spiro atoms. The van der Waals surface area contributed by atoms with Crippen molar-refractivity contribution < 1.29 is 13.9 Å². The number of anilines is 1. The maximum absolute atomic E-state index is 13.1. The highest BCUT2D eigenvalue weighted by Crippen LogP contribution is 2.16. The van der Waals surface area contributed by atoms with Gasteiger partial charge in [-0.3, -0.25) is 4.79 Å². The van der Waals surface area contributed by atoms with Gasteiger partial charge in [0, 0.05) is 0 Å². The lowest BCUT2D eigenvalue weighted by atomic mass is 10.1. The van der Waals surface area contributed by atoms with Crippen LogP contribution in [-0.4, -0.2) is 25.2 Å². The van der Waals surface area contributed by atoms with Crippen LogP contribution in [-0.2, 0) is 9.53 Å². The summed E-state index contributed by atoms with van der Waals surface area (Å²) in [6.45, 7) is 3.78. The molecule has 1 rings (SSSR count). The van der Waals surface area contributed by atoms with Crippen molar-refractivity contribution in [2.75, 3.05) is 18.5 Å². The minimum Gasteiger partial charge on any atom is -0.369 e. The molecule has 4 nitrogen and oxygen atoms in total. The van der Waals surface area contributed by atoms with E-state index in [9.17, 15) is 9.18 Å². The molecule has 0 unspecified atom stereocenters. The summed E-state index contributed by atoms with van der Waals surface area (Å²) in [4.78, 5) is 11.6. The van der Waals surface area contributed by atoms with Crippen molar-refractivity contribution in [1.82, 2.24) is 0 Å². The Bertz CT molecular complexity index is 504. The molecule has 19 heavy (non-hydrogen) atoms. The minimum absolute atomic E-state index is 0.0320. The van der Waals surface area contributed by atoms with E-state index in [1.807, 2.05) is 13.8 Å². The van der Waals surface area contributed by atoms with Gasteiger partial charge in [0.05, 0.1) is 23.9 Å². The molecule has 0 atom stereocenters. The average molecular weight is 264 g/mol. The monoisotopic (exact) mass is 264 g/mol. The molecule has 0 aliphatic heterocycles. The Morgan fingerprint density at radius 2 is 2.26 bits per heavy atom. The highest BCUT2D eigenvalue weighted by Gasteiger charge is 2.07. The fourth-order valence-electron chi connectivity index (χ4n) is 1.30. The standard InChI is InChI=1S/C14H17FN2O2/c1-10(2)19-9-14(18)17-13-6-5-12(15)8-11(13)4-3-7-16/h5-6,8,10H,7,9,16H2,1-2H3,(H,17,18). The number of hydrogen-bond donors (Lipinski definition) is 2. The first-order valence-electron chi connectivity index (χ1n) is 5.93. The van der Waals surface area contributed by atoms with E-state index in [1.165, 1.54) is 18.2 Å². The van der Waals surface area contributed by atoms with E-state index < -0.39 is 5.82 Å². The third kappa shape index (κ3) is 5.51. The van der Waals surface area contributed by atoms with Gasteiger partial charge in [0.2, 0.25) is 5.91 Å². The molecule has 0 bridgehead atoms. The predicted molar refractivity (Wildman–Crippen MR) is 72.1 cm³/mol. The zero-order valence-corrected chi connectivity index (χ0v) is 11.0. The molecule has 1 aromatic carbocycles. The Morgan fingerprint density at radius 1 is 1.53 bits per heavy atom. The molecule has 5 heteroatoms. The van der Waals surface area contributed by atoms with Crippen LogP contribution in [0, 0.1) is 17.7 Å². The van der Waals surface area contributed by atoms with E-state index in [2.05, 4.69) is 17.2 Å². The van der Waals surface area contributed by atoms with Gasteiger partial charge in [-0.2, -0.15) is 0 Å².